The third kappa shape index (κ3) is 4.24. The Labute approximate surface area is 134 Å². The highest BCUT2D eigenvalue weighted by molar-refractivity contribution is 9.10. The summed E-state index contributed by atoms with van der Waals surface area (Å²) in [6.45, 7) is 0. The molecule has 2 rings (SSSR count). The number of aliphatic hydroxyl groups excluding tert-OH is 1. The van der Waals surface area contributed by atoms with Gasteiger partial charge in [0.1, 0.15) is 6.26 Å². The van der Waals surface area contributed by atoms with Crippen molar-refractivity contribution in [2.24, 2.45) is 10.2 Å². The van der Waals surface area contributed by atoms with Crippen molar-refractivity contribution in [3.8, 4) is 0 Å². The van der Waals surface area contributed by atoms with Crippen LogP contribution in [0.1, 0.15) is 10.4 Å². The molecular weight excluding hydrogens is 356 g/mol. The maximum absolute atomic E-state index is 12.1. The molecule has 0 aliphatic rings. The fraction of sp³-hybridized carbons (Fsp3) is 0. The average Bonchev–Trinajstić information content (AvgIpc) is 2.50. The van der Waals surface area contributed by atoms with Crippen LogP contribution in [0.5, 0.6) is 0 Å². The van der Waals surface area contributed by atoms with E-state index in [0.29, 0.717) is 22.5 Å². The van der Waals surface area contributed by atoms with Crippen LogP contribution in [-0.4, -0.2) is 10.9 Å². The lowest BCUT2D eigenvalue weighted by Crippen LogP contribution is -2.01. The number of carbonyl (C=O) groups excluding carboxylic acids is 1. The quantitative estimate of drug-likeness (QED) is 0.338. The first-order valence-electron chi connectivity index (χ1n) is 5.92. The zero-order valence-corrected chi connectivity index (χ0v) is 13.0. The van der Waals surface area contributed by atoms with E-state index in [1.54, 1.807) is 48.5 Å². The number of Topliss-reactive ketones (excluding diaryl/α,β-unsaturated/α-hetero) is 1. The fourth-order valence-electron chi connectivity index (χ4n) is 1.50. The summed E-state index contributed by atoms with van der Waals surface area (Å²) < 4.78 is 0.858. The van der Waals surface area contributed by atoms with Gasteiger partial charge in [0.25, 0.3) is 0 Å². The number of ketones is 1. The molecule has 106 valence electrons. The Morgan fingerprint density at radius 1 is 1.10 bits per heavy atom. The van der Waals surface area contributed by atoms with Crippen molar-refractivity contribution in [2.45, 2.75) is 0 Å². The molecular formula is C15H10BrClN2O2. The molecule has 0 aliphatic heterocycles. The number of aliphatic hydroxyl groups is 1. The lowest BCUT2D eigenvalue weighted by molar-refractivity contribution is 0.102. The van der Waals surface area contributed by atoms with Crippen LogP contribution >= 0.6 is 27.5 Å². The number of hydrogen-bond donors (Lipinski definition) is 1. The van der Waals surface area contributed by atoms with Crippen LogP contribution in [0.15, 0.2) is 75.2 Å². The van der Waals surface area contributed by atoms with Crippen molar-refractivity contribution in [3.63, 3.8) is 0 Å². The second kappa shape index (κ2) is 7.15. The van der Waals surface area contributed by atoms with Gasteiger partial charge in [0.2, 0.25) is 5.78 Å². The predicted octanol–water partition coefficient (Wildman–Crippen LogP) is 5.47. The maximum atomic E-state index is 12.1. The summed E-state index contributed by atoms with van der Waals surface area (Å²) in [4.78, 5) is 12.1. The Balaban J connectivity index is 2.18. The molecule has 0 fully saturated rings. The summed E-state index contributed by atoms with van der Waals surface area (Å²) in [5.41, 5.74) is 0.795. The topological polar surface area (TPSA) is 62.0 Å². The average molecular weight is 366 g/mol. The summed E-state index contributed by atoms with van der Waals surface area (Å²) >= 11 is 9.05. The molecule has 0 heterocycles. The van der Waals surface area contributed by atoms with E-state index in [-0.39, 0.29) is 5.70 Å². The van der Waals surface area contributed by atoms with E-state index in [4.69, 9.17) is 16.7 Å². The summed E-state index contributed by atoms with van der Waals surface area (Å²) in [5.74, 6) is -0.414. The van der Waals surface area contributed by atoms with Crippen molar-refractivity contribution in [2.75, 3.05) is 0 Å². The van der Waals surface area contributed by atoms with E-state index in [1.807, 2.05) is 0 Å². The molecule has 0 radical (unpaired) electrons. The molecule has 0 aliphatic carbocycles. The second-order valence-corrected chi connectivity index (χ2v) is 5.38. The van der Waals surface area contributed by atoms with E-state index in [2.05, 4.69) is 26.2 Å². The van der Waals surface area contributed by atoms with Crippen LogP contribution in [0.2, 0.25) is 5.02 Å². The molecule has 2 aromatic rings. The van der Waals surface area contributed by atoms with Gasteiger partial charge in [-0.05, 0) is 48.5 Å². The third-order valence-electron chi connectivity index (χ3n) is 2.56. The van der Waals surface area contributed by atoms with E-state index < -0.39 is 5.78 Å². The van der Waals surface area contributed by atoms with Crippen molar-refractivity contribution in [1.29, 1.82) is 0 Å². The molecule has 0 spiro atoms. The second-order valence-electron chi connectivity index (χ2n) is 4.03. The predicted molar refractivity (Wildman–Crippen MR) is 85.2 cm³/mol. The van der Waals surface area contributed by atoms with Crippen LogP contribution < -0.4 is 0 Å². The molecule has 0 aromatic heterocycles. The number of halogens is 2. The van der Waals surface area contributed by atoms with E-state index in [9.17, 15) is 4.79 Å². The van der Waals surface area contributed by atoms with E-state index in [1.165, 1.54) is 0 Å². The van der Waals surface area contributed by atoms with Crippen molar-refractivity contribution in [1.82, 2.24) is 0 Å². The molecule has 0 amide bonds. The zero-order valence-electron chi connectivity index (χ0n) is 10.7. The van der Waals surface area contributed by atoms with E-state index in [0.717, 1.165) is 4.47 Å². The minimum atomic E-state index is -0.414. The van der Waals surface area contributed by atoms with Crippen LogP contribution in [0.25, 0.3) is 0 Å². The van der Waals surface area contributed by atoms with Gasteiger partial charge in [-0.2, -0.15) is 5.11 Å². The minimum absolute atomic E-state index is 0.146. The Morgan fingerprint density at radius 2 is 1.71 bits per heavy atom. The molecule has 1 N–H and O–H groups in total. The monoisotopic (exact) mass is 364 g/mol. The first-order valence-corrected chi connectivity index (χ1v) is 7.09. The van der Waals surface area contributed by atoms with Crippen LogP contribution in [0, 0.1) is 0 Å². The standard InChI is InChI=1S/C15H10BrClN2O2/c16-11-3-1-10(2-4-11)15(21)14(9-20)19-18-13-7-5-12(17)6-8-13/h1-9,20H/b14-9-,19-18?. The lowest BCUT2D eigenvalue weighted by atomic mass is 10.1. The van der Waals surface area contributed by atoms with Gasteiger partial charge in [0.05, 0.1) is 5.69 Å². The molecule has 0 saturated heterocycles. The normalized spacial score (nSPS) is 11.8. The SMILES string of the molecule is O=C(/C(=C/O)N=Nc1ccc(Cl)cc1)c1ccc(Br)cc1. The molecule has 0 bridgehead atoms. The largest absolute Gasteiger partial charge is 0.513 e. The van der Waals surface area contributed by atoms with Gasteiger partial charge < -0.3 is 5.11 Å². The molecule has 0 saturated carbocycles. The van der Waals surface area contributed by atoms with Crippen LogP contribution in [0.4, 0.5) is 5.69 Å². The smallest absolute Gasteiger partial charge is 0.216 e. The molecule has 4 nitrogen and oxygen atoms in total. The Morgan fingerprint density at radius 3 is 2.29 bits per heavy atom. The number of carbonyl (C=O) groups is 1. The van der Waals surface area contributed by atoms with Crippen molar-refractivity contribution >= 4 is 39.0 Å². The highest BCUT2D eigenvalue weighted by atomic mass is 79.9. The Bertz CT molecular complexity index is 695. The van der Waals surface area contributed by atoms with Gasteiger partial charge in [-0.1, -0.05) is 27.5 Å². The minimum Gasteiger partial charge on any atom is -0.513 e. The highest BCUT2D eigenvalue weighted by Crippen LogP contribution is 2.19. The van der Waals surface area contributed by atoms with Gasteiger partial charge >= 0.3 is 0 Å². The van der Waals surface area contributed by atoms with Gasteiger partial charge in [-0.25, -0.2) is 0 Å². The Kier molecular flexibility index (Phi) is 5.25. The van der Waals surface area contributed by atoms with Crippen LogP contribution in [0.3, 0.4) is 0 Å². The molecule has 0 atom stereocenters. The number of hydrogen-bond acceptors (Lipinski definition) is 4. The molecule has 21 heavy (non-hydrogen) atoms. The summed E-state index contributed by atoms with van der Waals surface area (Å²) in [6, 6.07) is 13.4. The number of nitrogens with zero attached hydrogens (tertiary/aromatic N) is 2. The van der Waals surface area contributed by atoms with Gasteiger partial charge in [-0.3, -0.25) is 4.79 Å². The summed E-state index contributed by atoms with van der Waals surface area (Å²) in [5, 5.41) is 17.4. The Hall–Kier alpha value is -1.98. The third-order valence-corrected chi connectivity index (χ3v) is 3.34. The van der Waals surface area contributed by atoms with Crippen molar-refractivity contribution in [3.05, 3.63) is 75.5 Å². The van der Waals surface area contributed by atoms with E-state index >= 15 is 0 Å². The summed E-state index contributed by atoms with van der Waals surface area (Å²) in [6.07, 6.45) is 0.643. The fourth-order valence-corrected chi connectivity index (χ4v) is 1.89. The zero-order chi connectivity index (χ0) is 15.2. The molecule has 2 aromatic carbocycles. The first kappa shape index (κ1) is 15.4. The van der Waals surface area contributed by atoms with Crippen LogP contribution in [-0.2, 0) is 0 Å². The first-order chi connectivity index (χ1) is 10.1. The van der Waals surface area contributed by atoms with Gasteiger partial charge in [-0.15, -0.1) is 5.11 Å². The highest BCUT2D eigenvalue weighted by Gasteiger charge is 2.12. The van der Waals surface area contributed by atoms with Gasteiger partial charge in [0, 0.05) is 15.1 Å². The number of azo groups is 1. The number of rotatable bonds is 4. The molecule has 6 heteroatoms. The maximum Gasteiger partial charge on any atom is 0.216 e. The number of benzene rings is 2. The van der Waals surface area contributed by atoms with Crippen molar-refractivity contribution < 1.29 is 9.90 Å². The lowest BCUT2D eigenvalue weighted by Gasteiger charge is -2.00. The van der Waals surface area contributed by atoms with Gasteiger partial charge in [0.15, 0.2) is 5.70 Å². The molecule has 0 unspecified atom stereocenters. The number of allylic oxidation sites excluding steroid dienone is 1. The summed E-state index contributed by atoms with van der Waals surface area (Å²) in [7, 11) is 0.